The number of alkyl halides is 2. The Morgan fingerprint density at radius 3 is 2.50 bits per heavy atom. The van der Waals surface area contributed by atoms with Gasteiger partial charge in [0.1, 0.15) is 5.82 Å². The van der Waals surface area contributed by atoms with Crippen LogP contribution in [0.25, 0.3) is 10.9 Å². The number of benzene rings is 2. The third kappa shape index (κ3) is 4.18. The van der Waals surface area contributed by atoms with Crippen LogP contribution in [0.15, 0.2) is 41.6 Å². The number of nitroso groups, excluding NO2 is 1. The Morgan fingerprint density at radius 1 is 1.11 bits per heavy atom. The summed E-state index contributed by atoms with van der Waals surface area (Å²) in [6, 6.07) is 9.23. The van der Waals surface area contributed by atoms with Crippen LogP contribution in [-0.2, 0) is 22.2 Å². The molecule has 36 heavy (non-hydrogen) atoms. The van der Waals surface area contributed by atoms with Crippen LogP contribution in [0.1, 0.15) is 51.3 Å². The highest BCUT2D eigenvalue weighted by Crippen LogP contribution is 2.52. The first-order valence-electron chi connectivity index (χ1n) is 11.8. The molecule has 0 radical (unpaired) electrons. The topological polar surface area (TPSA) is 81.9 Å². The van der Waals surface area contributed by atoms with Gasteiger partial charge in [-0.1, -0.05) is 32.0 Å². The third-order valence-electron chi connectivity index (χ3n) is 6.78. The number of carbonyl (C=O) groups excluding carboxylic acids is 1. The largest absolute Gasteiger partial charge is 0.586 e. The maximum absolute atomic E-state index is 15.2. The molecule has 0 spiro atoms. The first kappa shape index (κ1) is 24.1. The van der Waals surface area contributed by atoms with Crippen LogP contribution in [0.5, 0.6) is 11.5 Å². The Labute approximate surface area is 205 Å². The zero-order chi connectivity index (χ0) is 25.9. The van der Waals surface area contributed by atoms with E-state index in [2.05, 4.69) is 20.0 Å². The van der Waals surface area contributed by atoms with Gasteiger partial charge in [0.25, 0.3) is 0 Å². The number of carbonyl (C=O) groups is 1. The predicted octanol–water partition coefficient (Wildman–Crippen LogP) is 6.23. The predicted molar refractivity (Wildman–Crippen MR) is 128 cm³/mol. The Balaban J connectivity index is 1.44. The second kappa shape index (κ2) is 8.25. The maximum atomic E-state index is 15.2. The fourth-order valence-electron chi connectivity index (χ4n) is 4.80. The van der Waals surface area contributed by atoms with E-state index in [1.54, 1.807) is 12.1 Å². The van der Waals surface area contributed by atoms with Crippen LogP contribution in [-0.4, -0.2) is 23.3 Å². The van der Waals surface area contributed by atoms with E-state index in [1.165, 1.54) is 18.2 Å². The number of nitrogens with one attached hydrogen (secondary N) is 1. The van der Waals surface area contributed by atoms with Crippen molar-refractivity contribution >= 4 is 22.5 Å². The van der Waals surface area contributed by atoms with Gasteiger partial charge in [-0.25, -0.2) is 4.39 Å². The molecule has 0 saturated heterocycles. The number of hydrogen-bond donors (Lipinski definition) is 1. The number of fused-ring (bicyclic) bond motifs is 2. The molecule has 190 valence electrons. The Morgan fingerprint density at radius 2 is 1.83 bits per heavy atom. The van der Waals surface area contributed by atoms with Crippen LogP contribution in [0.3, 0.4) is 0 Å². The molecule has 1 saturated carbocycles. The number of ether oxygens (including phenoxy) is 2. The minimum absolute atomic E-state index is 0.0400. The summed E-state index contributed by atoms with van der Waals surface area (Å²) >= 11 is 0. The van der Waals surface area contributed by atoms with Gasteiger partial charge in [-0.2, -0.15) is 4.91 Å². The van der Waals surface area contributed by atoms with E-state index in [4.69, 9.17) is 0 Å². The summed E-state index contributed by atoms with van der Waals surface area (Å²) in [6.07, 6.45) is -2.23. The van der Waals surface area contributed by atoms with Crippen LogP contribution in [0, 0.1) is 10.7 Å². The molecule has 1 fully saturated rings. The molecule has 1 aromatic heterocycles. The van der Waals surface area contributed by atoms with Gasteiger partial charge in [0.2, 0.25) is 5.91 Å². The molecule has 5 rings (SSSR count). The van der Waals surface area contributed by atoms with Crippen molar-refractivity contribution in [1.82, 2.24) is 4.57 Å². The van der Waals surface area contributed by atoms with Crippen LogP contribution < -0.4 is 14.8 Å². The van der Waals surface area contributed by atoms with Crippen molar-refractivity contribution in [2.45, 2.75) is 63.7 Å². The minimum Gasteiger partial charge on any atom is -0.395 e. The molecule has 2 heterocycles. The standard InChI is InChI=1S/C26H26F3N3O4/c1-24(2,3)22-12-15-11-18(17(27)14-19(15)32(22)10-4-9-30-34)31-23(33)25(7-8-25)16-5-6-20-21(13-16)36-26(28,29)35-20/h5-6,11-14H,4,7-10H2,1-3H3,(H,31,33). The molecule has 2 aromatic carbocycles. The highest BCUT2D eigenvalue weighted by molar-refractivity contribution is 6.02. The molecule has 1 amide bonds. The molecule has 3 aromatic rings. The van der Waals surface area contributed by atoms with Crippen LogP contribution >= 0.6 is 0 Å². The van der Waals surface area contributed by atoms with Gasteiger partial charge in [0.05, 0.1) is 23.2 Å². The highest BCUT2D eigenvalue weighted by atomic mass is 19.3. The number of nitrogens with zero attached hydrogens (tertiary/aromatic N) is 2. The smallest absolute Gasteiger partial charge is 0.395 e. The van der Waals surface area contributed by atoms with E-state index in [1.807, 2.05) is 31.4 Å². The summed E-state index contributed by atoms with van der Waals surface area (Å²) in [5, 5.41) is 6.38. The number of aromatic nitrogens is 1. The number of halogens is 3. The van der Waals surface area contributed by atoms with Gasteiger partial charge in [-0.15, -0.1) is 8.78 Å². The molecule has 0 bridgehead atoms. The van der Waals surface area contributed by atoms with E-state index in [-0.39, 0.29) is 29.1 Å². The van der Waals surface area contributed by atoms with Gasteiger partial charge >= 0.3 is 6.29 Å². The van der Waals surface area contributed by atoms with Crippen molar-refractivity contribution in [1.29, 1.82) is 0 Å². The number of hydrogen-bond acceptors (Lipinski definition) is 5. The van der Waals surface area contributed by atoms with Crippen molar-refractivity contribution in [3.63, 3.8) is 0 Å². The van der Waals surface area contributed by atoms with Gasteiger partial charge in [-0.05, 0) is 49.1 Å². The first-order valence-corrected chi connectivity index (χ1v) is 11.8. The lowest BCUT2D eigenvalue weighted by Crippen LogP contribution is -2.28. The molecule has 7 nitrogen and oxygen atoms in total. The maximum Gasteiger partial charge on any atom is 0.586 e. The Kier molecular flexibility index (Phi) is 5.53. The summed E-state index contributed by atoms with van der Waals surface area (Å²) in [5.41, 5.74) is 0.995. The van der Waals surface area contributed by atoms with Crippen molar-refractivity contribution < 1.29 is 27.4 Å². The SMILES string of the molecule is CC(C)(C)c1cc2cc(NC(=O)C3(c4ccc5c(c4)OC(F)(F)O5)CC3)c(F)cc2n1CCCN=O. The summed E-state index contributed by atoms with van der Waals surface area (Å²) in [6.45, 7) is 6.82. The molecule has 1 aliphatic heterocycles. The second-order valence-electron chi connectivity index (χ2n) is 10.4. The second-order valence-corrected chi connectivity index (χ2v) is 10.4. The van der Waals surface area contributed by atoms with Crippen molar-refractivity contribution in [2.24, 2.45) is 5.18 Å². The van der Waals surface area contributed by atoms with E-state index < -0.39 is 23.4 Å². The lowest BCUT2D eigenvalue weighted by atomic mass is 9.92. The van der Waals surface area contributed by atoms with Crippen molar-refractivity contribution in [3.8, 4) is 11.5 Å². The summed E-state index contributed by atoms with van der Waals surface area (Å²) in [4.78, 5) is 23.8. The highest BCUT2D eigenvalue weighted by Gasteiger charge is 2.53. The normalized spacial score (nSPS) is 17.3. The molecular formula is C26H26F3N3O4. The lowest BCUT2D eigenvalue weighted by molar-refractivity contribution is -0.286. The van der Waals surface area contributed by atoms with Gasteiger partial charge in [0, 0.05) is 29.1 Å². The Hall–Kier alpha value is -3.56. The molecule has 1 N–H and O–H groups in total. The fourth-order valence-corrected chi connectivity index (χ4v) is 4.80. The van der Waals surface area contributed by atoms with E-state index in [0.29, 0.717) is 36.9 Å². The summed E-state index contributed by atoms with van der Waals surface area (Å²) in [5.74, 6) is -1.24. The van der Waals surface area contributed by atoms with E-state index in [9.17, 15) is 18.5 Å². The molecule has 2 aliphatic rings. The first-order chi connectivity index (χ1) is 16.9. The van der Waals surface area contributed by atoms with Crippen LogP contribution in [0.4, 0.5) is 18.9 Å². The van der Waals surface area contributed by atoms with Crippen molar-refractivity contribution in [2.75, 3.05) is 11.9 Å². The van der Waals surface area contributed by atoms with E-state index >= 15 is 4.39 Å². The molecule has 10 heteroatoms. The summed E-state index contributed by atoms with van der Waals surface area (Å²) in [7, 11) is 0. The lowest BCUT2D eigenvalue weighted by Gasteiger charge is -2.22. The molecule has 0 unspecified atom stereocenters. The minimum atomic E-state index is -3.75. The van der Waals surface area contributed by atoms with Gasteiger partial charge < -0.3 is 19.4 Å². The Bertz CT molecular complexity index is 1370. The zero-order valence-corrected chi connectivity index (χ0v) is 20.2. The number of aryl methyl sites for hydroxylation is 1. The van der Waals surface area contributed by atoms with E-state index in [0.717, 1.165) is 11.1 Å². The quantitative estimate of drug-likeness (QED) is 0.308. The average molecular weight is 502 g/mol. The molecule has 1 aliphatic carbocycles. The number of amides is 1. The van der Waals surface area contributed by atoms with Gasteiger partial charge in [-0.3, -0.25) is 4.79 Å². The number of anilines is 1. The molecule has 0 atom stereocenters. The monoisotopic (exact) mass is 501 g/mol. The van der Waals surface area contributed by atoms with Crippen LogP contribution in [0.2, 0.25) is 0 Å². The number of rotatable bonds is 7. The van der Waals surface area contributed by atoms with Crippen molar-refractivity contribution in [3.05, 3.63) is 58.4 Å². The zero-order valence-electron chi connectivity index (χ0n) is 20.2. The fraction of sp³-hybridized carbons (Fsp3) is 0.423. The summed E-state index contributed by atoms with van der Waals surface area (Å²) < 4.78 is 53.0. The van der Waals surface area contributed by atoms with Gasteiger partial charge in [0.15, 0.2) is 11.5 Å². The third-order valence-corrected chi connectivity index (χ3v) is 6.78. The average Bonchev–Trinajstić information content (AvgIpc) is 3.44. The molecular weight excluding hydrogens is 475 g/mol.